The van der Waals surface area contributed by atoms with Crippen molar-refractivity contribution in [3.63, 3.8) is 0 Å². The number of benzene rings is 1. The number of ketones is 1. The predicted octanol–water partition coefficient (Wildman–Crippen LogP) is 1.59. The molecule has 0 saturated heterocycles. The van der Waals surface area contributed by atoms with E-state index in [1.807, 2.05) is 30.3 Å². The molecule has 18 heavy (non-hydrogen) atoms. The van der Waals surface area contributed by atoms with Gasteiger partial charge in [-0.05, 0) is 18.1 Å². The summed E-state index contributed by atoms with van der Waals surface area (Å²) in [6, 6.07) is 8.72. The van der Waals surface area contributed by atoms with E-state index >= 15 is 0 Å². The van der Waals surface area contributed by atoms with E-state index in [9.17, 15) is 9.59 Å². The molecule has 0 amide bonds. The van der Waals surface area contributed by atoms with E-state index < -0.39 is 6.04 Å². The molecule has 0 radical (unpaired) electrons. The first-order chi connectivity index (χ1) is 8.63. The number of hydrogen-bond donors (Lipinski definition) is 1. The van der Waals surface area contributed by atoms with Gasteiger partial charge in [-0.2, -0.15) is 0 Å². The van der Waals surface area contributed by atoms with Crippen LogP contribution >= 0.6 is 0 Å². The third-order valence-electron chi connectivity index (χ3n) is 2.47. The van der Waals surface area contributed by atoms with Crippen LogP contribution in [0, 0.1) is 0 Å². The van der Waals surface area contributed by atoms with E-state index in [1.54, 1.807) is 0 Å². The Morgan fingerprint density at radius 3 is 2.61 bits per heavy atom. The molecule has 1 aromatic carbocycles. The van der Waals surface area contributed by atoms with E-state index in [0.29, 0.717) is 0 Å². The van der Waals surface area contributed by atoms with Crippen LogP contribution in [0.4, 0.5) is 0 Å². The van der Waals surface area contributed by atoms with Crippen molar-refractivity contribution in [2.24, 2.45) is 5.73 Å². The highest BCUT2D eigenvalue weighted by atomic mass is 16.5. The summed E-state index contributed by atoms with van der Waals surface area (Å²) >= 11 is 0. The lowest BCUT2D eigenvalue weighted by Gasteiger charge is -2.08. The van der Waals surface area contributed by atoms with Gasteiger partial charge in [-0.1, -0.05) is 36.9 Å². The lowest BCUT2D eigenvalue weighted by molar-refractivity contribution is -0.145. The van der Waals surface area contributed by atoms with Crippen LogP contribution < -0.4 is 5.73 Å². The molecule has 1 rings (SSSR count). The first kappa shape index (κ1) is 14.1. The lowest BCUT2D eigenvalue weighted by Crippen LogP contribution is -2.29. The zero-order valence-corrected chi connectivity index (χ0v) is 10.2. The lowest BCUT2D eigenvalue weighted by atomic mass is 10.1. The highest BCUT2D eigenvalue weighted by Crippen LogP contribution is 2.04. The molecule has 0 aromatic heterocycles. The minimum Gasteiger partial charge on any atom is -0.461 e. The monoisotopic (exact) mass is 247 g/mol. The summed E-state index contributed by atoms with van der Waals surface area (Å²) in [5, 5.41) is 0. The number of ether oxygens (including phenoxy) is 1. The normalized spacial score (nSPS) is 11.6. The van der Waals surface area contributed by atoms with Crippen molar-refractivity contribution in [2.75, 3.05) is 0 Å². The fourth-order valence-electron chi connectivity index (χ4n) is 1.38. The Labute approximate surface area is 106 Å². The van der Waals surface area contributed by atoms with Crippen molar-refractivity contribution in [3.05, 3.63) is 48.6 Å². The smallest absolute Gasteiger partial charge is 0.306 e. The average Bonchev–Trinajstić information content (AvgIpc) is 2.42. The summed E-state index contributed by atoms with van der Waals surface area (Å²) in [5.41, 5.74) is 6.48. The number of hydrogen-bond acceptors (Lipinski definition) is 4. The second kappa shape index (κ2) is 7.40. The van der Waals surface area contributed by atoms with Gasteiger partial charge in [0.05, 0.1) is 6.04 Å². The van der Waals surface area contributed by atoms with E-state index in [0.717, 1.165) is 5.56 Å². The molecule has 4 heteroatoms. The van der Waals surface area contributed by atoms with Gasteiger partial charge in [0.2, 0.25) is 0 Å². The second-order valence-electron chi connectivity index (χ2n) is 3.90. The standard InChI is InChI=1S/C14H17NO3/c1-2-13(16)12(15)8-9-14(17)18-10-11-6-4-3-5-7-11/h2-7,12H,1,8-10,15H2. The first-order valence-electron chi connectivity index (χ1n) is 5.75. The fraction of sp³-hybridized carbons (Fsp3) is 0.286. The van der Waals surface area contributed by atoms with Gasteiger partial charge >= 0.3 is 5.97 Å². The molecule has 1 aromatic rings. The molecular formula is C14H17NO3. The molecular weight excluding hydrogens is 230 g/mol. The zero-order valence-electron chi connectivity index (χ0n) is 10.2. The van der Waals surface area contributed by atoms with E-state index in [2.05, 4.69) is 6.58 Å². The Hall–Kier alpha value is -1.94. The van der Waals surface area contributed by atoms with Crippen LogP contribution in [0.3, 0.4) is 0 Å². The minimum absolute atomic E-state index is 0.133. The SMILES string of the molecule is C=CC(=O)C(N)CCC(=O)OCc1ccccc1. The molecule has 4 nitrogen and oxygen atoms in total. The number of carbonyl (C=O) groups excluding carboxylic acids is 2. The van der Waals surface area contributed by atoms with Crippen molar-refractivity contribution in [3.8, 4) is 0 Å². The average molecular weight is 247 g/mol. The third-order valence-corrected chi connectivity index (χ3v) is 2.47. The third kappa shape index (κ3) is 4.93. The number of nitrogens with two attached hydrogens (primary N) is 1. The number of carbonyl (C=O) groups is 2. The van der Waals surface area contributed by atoms with Gasteiger partial charge in [-0.25, -0.2) is 0 Å². The predicted molar refractivity (Wildman–Crippen MR) is 68.7 cm³/mol. The summed E-state index contributed by atoms with van der Waals surface area (Å²) in [6.45, 7) is 3.58. The molecule has 1 unspecified atom stereocenters. The molecule has 0 fully saturated rings. The Bertz CT molecular complexity index is 414. The van der Waals surface area contributed by atoms with Crippen LogP contribution in [-0.2, 0) is 20.9 Å². The molecule has 0 aliphatic carbocycles. The highest BCUT2D eigenvalue weighted by Gasteiger charge is 2.12. The maximum absolute atomic E-state index is 11.4. The van der Waals surface area contributed by atoms with Crippen molar-refractivity contribution in [1.82, 2.24) is 0 Å². The Morgan fingerprint density at radius 2 is 2.00 bits per heavy atom. The summed E-state index contributed by atoms with van der Waals surface area (Å²) in [4.78, 5) is 22.5. The fourth-order valence-corrected chi connectivity index (χ4v) is 1.38. The topological polar surface area (TPSA) is 69.4 Å². The highest BCUT2D eigenvalue weighted by molar-refractivity contribution is 5.93. The largest absolute Gasteiger partial charge is 0.461 e. The quantitative estimate of drug-likeness (QED) is 0.587. The molecule has 2 N–H and O–H groups in total. The molecule has 0 saturated carbocycles. The zero-order chi connectivity index (χ0) is 13.4. The van der Waals surface area contributed by atoms with Crippen molar-refractivity contribution < 1.29 is 14.3 Å². The van der Waals surface area contributed by atoms with Gasteiger partial charge in [0.1, 0.15) is 6.61 Å². The minimum atomic E-state index is -0.674. The van der Waals surface area contributed by atoms with Crippen LogP contribution in [0.15, 0.2) is 43.0 Å². The van der Waals surface area contributed by atoms with Gasteiger partial charge in [-0.15, -0.1) is 0 Å². The second-order valence-corrected chi connectivity index (χ2v) is 3.90. The van der Waals surface area contributed by atoms with Gasteiger partial charge in [0.25, 0.3) is 0 Å². The number of esters is 1. The first-order valence-corrected chi connectivity index (χ1v) is 5.75. The Kier molecular flexibility index (Phi) is 5.80. The molecule has 96 valence electrons. The van der Waals surface area contributed by atoms with Gasteiger partial charge in [0, 0.05) is 6.42 Å². The molecule has 0 bridgehead atoms. The summed E-state index contributed by atoms with van der Waals surface area (Å²) in [7, 11) is 0. The van der Waals surface area contributed by atoms with Gasteiger partial charge in [-0.3, -0.25) is 9.59 Å². The van der Waals surface area contributed by atoms with Gasteiger partial charge in [0.15, 0.2) is 5.78 Å². The van der Waals surface area contributed by atoms with Gasteiger partial charge < -0.3 is 10.5 Å². The van der Waals surface area contributed by atoms with Crippen molar-refractivity contribution in [1.29, 1.82) is 0 Å². The van der Waals surface area contributed by atoms with Crippen molar-refractivity contribution in [2.45, 2.75) is 25.5 Å². The van der Waals surface area contributed by atoms with Crippen LogP contribution in [0.25, 0.3) is 0 Å². The van der Waals surface area contributed by atoms with Crippen LogP contribution in [0.2, 0.25) is 0 Å². The molecule has 0 aliphatic heterocycles. The maximum Gasteiger partial charge on any atom is 0.306 e. The Balaban J connectivity index is 2.26. The number of rotatable bonds is 7. The van der Waals surface area contributed by atoms with E-state index in [1.165, 1.54) is 6.08 Å². The Morgan fingerprint density at radius 1 is 1.33 bits per heavy atom. The van der Waals surface area contributed by atoms with Crippen LogP contribution in [0.1, 0.15) is 18.4 Å². The summed E-state index contributed by atoms with van der Waals surface area (Å²) in [5.74, 6) is -0.614. The molecule has 0 heterocycles. The van der Waals surface area contributed by atoms with Crippen LogP contribution in [-0.4, -0.2) is 17.8 Å². The summed E-state index contributed by atoms with van der Waals surface area (Å²) in [6.07, 6.45) is 1.58. The van der Waals surface area contributed by atoms with E-state index in [-0.39, 0.29) is 31.2 Å². The molecule has 0 spiro atoms. The van der Waals surface area contributed by atoms with Crippen LogP contribution in [0.5, 0.6) is 0 Å². The van der Waals surface area contributed by atoms with E-state index in [4.69, 9.17) is 10.5 Å². The maximum atomic E-state index is 11.4. The summed E-state index contributed by atoms with van der Waals surface area (Å²) < 4.78 is 5.06. The molecule has 1 atom stereocenters. The van der Waals surface area contributed by atoms with Crippen molar-refractivity contribution >= 4 is 11.8 Å². The molecule has 0 aliphatic rings.